The van der Waals surface area contributed by atoms with Gasteiger partial charge >= 0.3 is 5.97 Å². The second kappa shape index (κ2) is 6.12. The molecule has 1 aromatic rings. The highest BCUT2D eigenvalue weighted by atomic mass is 32.2. The number of ether oxygens (including phenoxy) is 1. The van der Waals surface area contributed by atoms with Gasteiger partial charge in [0.1, 0.15) is 5.76 Å². The summed E-state index contributed by atoms with van der Waals surface area (Å²) in [4.78, 5) is 11.2. The first-order valence-corrected chi connectivity index (χ1v) is 6.84. The molecule has 1 unspecified atom stereocenters. The fraction of sp³-hybridized carbons (Fsp3) is 0.583. The Morgan fingerprint density at radius 3 is 3.24 bits per heavy atom. The Bertz CT molecular complexity index is 372. The first-order chi connectivity index (χ1) is 8.29. The Morgan fingerprint density at radius 1 is 1.65 bits per heavy atom. The third kappa shape index (κ3) is 3.51. The van der Waals surface area contributed by atoms with E-state index in [-0.39, 0.29) is 5.76 Å². The highest BCUT2D eigenvalue weighted by Crippen LogP contribution is 2.23. The number of furan rings is 1. The summed E-state index contributed by atoms with van der Waals surface area (Å²) in [5.41, 5.74) is 0. The van der Waals surface area contributed by atoms with E-state index < -0.39 is 5.97 Å². The number of hydrogen-bond acceptors (Lipinski definition) is 5. The number of carbonyl (C=O) groups is 1. The van der Waals surface area contributed by atoms with Crippen molar-refractivity contribution in [3.8, 4) is 0 Å². The minimum Gasteiger partial charge on any atom is -0.463 e. The molecule has 0 saturated carbocycles. The molecule has 94 valence electrons. The van der Waals surface area contributed by atoms with Gasteiger partial charge in [-0.15, -0.1) is 11.8 Å². The van der Waals surface area contributed by atoms with Crippen molar-refractivity contribution in [1.82, 2.24) is 5.32 Å². The molecule has 1 aliphatic rings. The van der Waals surface area contributed by atoms with Crippen LogP contribution >= 0.6 is 11.8 Å². The molecule has 0 bridgehead atoms. The predicted molar refractivity (Wildman–Crippen MR) is 67.2 cm³/mol. The lowest BCUT2D eigenvalue weighted by molar-refractivity contribution is 0.0563. The molecule has 17 heavy (non-hydrogen) atoms. The molecule has 1 aliphatic heterocycles. The van der Waals surface area contributed by atoms with E-state index in [0.29, 0.717) is 5.25 Å². The van der Waals surface area contributed by atoms with Crippen LogP contribution in [0.4, 0.5) is 0 Å². The Balaban J connectivity index is 1.82. The van der Waals surface area contributed by atoms with Gasteiger partial charge in [0.25, 0.3) is 0 Å². The van der Waals surface area contributed by atoms with E-state index >= 15 is 0 Å². The van der Waals surface area contributed by atoms with Gasteiger partial charge in [0.05, 0.1) is 12.9 Å². The van der Waals surface area contributed by atoms with Crippen LogP contribution in [0.2, 0.25) is 0 Å². The van der Waals surface area contributed by atoms with Crippen LogP contribution in [0, 0.1) is 0 Å². The highest BCUT2D eigenvalue weighted by Gasteiger charge is 2.15. The maximum absolute atomic E-state index is 11.2. The lowest BCUT2D eigenvalue weighted by Crippen LogP contribution is -2.31. The number of rotatable bonds is 4. The number of piperidine rings is 1. The monoisotopic (exact) mass is 255 g/mol. The van der Waals surface area contributed by atoms with Gasteiger partial charge in [0.15, 0.2) is 0 Å². The van der Waals surface area contributed by atoms with E-state index in [1.54, 1.807) is 6.07 Å². The molecule has 1 atom stereocenters. The van der Waals surface area contributed by atoms with Gasteiger partial charge in [-0.1, -0.05) is 0 Å². The number of esters is 1. The molecule has 4 nitrogen and oxygen atoms in total. The lowest BCUT2D eigenvalue weighted by atomic mass is 10.2. The Hall–Kier alpha value is -0.940. The van der Waals surface area contributed by atoms with Crippen LogP contribution in [0.1, 0.15) is 29.2 Å². The number of methoxy groups -OCH3 is 1. The van der Waals surface area contributed by atoms with E-state index in [0.717, 1.165) is 24.6 Å². The molecule has 0 radical (unpaired) electrons. The summed E-state index contributed by atoms with van der Waals surface area (Å²) in [5, 5.41) is 4.03. The summed E-state index contributed by atoms with van der Waals surface area (Å²) in [6, 6.07) is 3.51. The van der Waals surface area contributed by atoms with Crippen LogP contribution in [0.25, 0.3) is 0 Å². The molecule has 5 heteroatoms. The second-order valence-corrected chi connectivity index (χ2v) is 5.33. The molecule has 0 amide bonds. The van der Waals surface area contributed by atoms with Crippen LogP contribution in [-0.4, -0.2) is 31.4 Å². The van der Waals surface area contributed by atoms with Crippen LogP contribution in [0.3, 0.4) is 0 Å². The van der Waals surface area contributed by atoms with Crippen molar-refractivity contribution in [2.24, 2.45) is 0 Å². The van der Waals surface area contributed by atoms with E-state index in [1.807, 2.05) is 17.8 Å². The van der Waals surface area contributed by atoms with Crippen molar-refractivity contribution < 1.29 is 13.9 Å². The Labute approximate surface area is 105 Å². The summed E-state index contributed by atoms with van der Waals surface area (Å²) in [5.74, 6) is 1.51. The summed E-state index contributed by atoms with van der Waals surface area (Å²) in [6.45, 7) is 2.19. The first kappa shape index (κ1) is 12.5. The molecule has 0 aliphatic carbocycles. The number of hydrogen-bond donors (Lipinski definition) is 1. The Morgan fingerprint density at radius 2 is 2.53 bits per heavy atom. The zero-order chi connectivity index (χ0) is 12.1. The highest BCUT2D eigenvalue weighted by molar-refractivity contribution is 7.99. The molecule has 1 N–H and O–H groups in total. The average Bonchev–Trinajstić information content (AvgIpc) is 2.85. The number of thioether (sulfide) groups is 1. The number of carbonyl (C=O) groups excluding carboxylic acids is 1. The van der Waals surface area contributed by atoms with Crippen LogP contribution in [0.5, 0.6) is 0 Å². The smallest absolute Gasteiger partial charge is 0.373 e. The van der Waals surface area contributed by atoms with Gasteiger partial charge in [-0.25, -0.2) is 4.79 Å². The summed E-state index contributed by atoms with van der Waals surface area (Å²) < 4.78 is 10.0. The van der Waals surface area contributed by atoms with Crippen molar-refractivity contribution in [2.75, 3.05) is 20.2 Å². The van der Waals surface area contributed by atoms with Crippen LogP contribution in [0.15, 0.2) is 16.5 Å². The largest absolute Gasteiger partial charge is 0.463 e. The van der Waals surface area contributed by atoms with Gasteiger partial charge in [0, 0.05) is 11.8 Å². The maximum atomic E-state index is 11.2. The van der Waals surface area contributed by atoms with Crippen LogP contribution < -0.4 is 5.32 Å². The molecule has 2 rings (SSSR count). The van der Waals surface area contributed by atoms with E-state index in [9.17, 15) is 4.79 Å². The van der Waals surface area contributed by atoms with Gasteiger partial charge in [-0.3, -0.25) is 0 Å². The summed E-state index contributed by atoms with van der Waals surface area (Å²) >= 11 is 1.87. The molecule has 2 heterocycles. The minimum absolute atomic E-state index is 0.282. The number of nitrogens with one attached hydrogen (secondary N) is 1. The van der Waals surface area contributed by atoms with E-state index in [1.165, 1.54) is 20.0 Å². The molecule has 0 aromatic carbocycles. The molecule has 1 saturated heterocycles. The average molecular weight is 255 g/mol. The van der Waals surface area contributed by atoms with Gasteiger partial charge in [-0.05, 0) is 31.5 Å². The minimum atomic E-state index is -0.416. The van der Waals surface area contributed by atoms with Crippen molar-refractivity contribution in [3.63, 3.8) is 0 Å². The quantitative estimate of drug-likeness (QED) is 0.834. The molecule has 0 spiro atoms. The molecular formula is C12H17NO3S. The fourth-order valence-electron chi connectivity index (χ4n) is 1.83. The van der Waals surface area contributed by atoms with Crippen molar-refractivity contribution in [1.29, 1.82) is 0 Å². The fourth-order valence-corrected chi connectivity index (χ4v) is 2.95. The lowest BCUT2D eigenvalue weighted by Gasteiger charge is -2.21. The van der Waals surface area contributed by atoms with Gasteiger partial charge in [-0.2, -0.15) is 0 Å². The standard InChI is InChI=1S/C12H17NO3S/c1-15-12(14)11-5-4-9(16-11)8-17-10-3-2-6-13-7-10/h4-5,10,13H,2-3,6-8H2,1H3. The van der Waals surface area contributed by atoms with Crippen molar-refractivity contribution in [3.05, 3.63) is 23.7 Å². The molecular weight excluding hydrogens is 238 g/mol. The van der Waals surface area contributed by atoms with Crippen molar-refractivity contribution in [2.45, 2.75) is 23.8 Å². The SMILES string of the molecule is COC(=O)c1ccc(CSC2CCCNC2)o1. The van der Waals surface area contributed by atoms with E-state index in [4.69, 9.17) is 4.42 Å². The van der Waals surface area contributed by atoms with E-state index in [2.05, 4.69) is 10.1 Å². The second-order valence-electron chi connectivity index (χ2n) is 4.04. The van der Waals surface area contributed by atoms with Crippen LogP contribution in [-0.2, 0) is 10.5 Å². The zero-order valence-corrected chi connectivity index (χ0v) is 10.7. The van der Waals surface area contributed by atoms with Gasteiger partial charge in [0.2, 0.25) is 5.76 Å². The van der Waals surface area contributed by atoms with Gasteiger partial charge < -0.3 is 14.5 Å². The summed E-state index contributed by atoms with van der Waals surface area (Å²) in [6.07, 6.45) is 2.49. The maximum Gasteiger partial charge on any atom is 0.373 e. The zero-order valence-electron chi connectivity index (χ0n) is 9.90. The summed E-state index contributed by atoms with van der Waals surface area (Å²) in [7, 11) is 1.35. The third-order valence-corrected chi connectivity index (χ3v) is 4.09. The Kier molecular flexibility index (Phi) is 4.50. The normalized spacial score (nSPS) is 20.2. The molecule has 1 aromatic heterocycles. The van der Waals surface area contributed by atoms with Crippen molar-refractivity contribution >= 4 is 17.7 Å². The predicted octanol–water partition coefficient (Wildman–Crippen LogP) is 2.05. The topological polar surface area (TPSA) is 51.5 Å². The third-order valence-electron chi connectivity index (χ3n) is 2.76. The molecule has 1 fully saturated rings. The first-order valence-electron chi connectivity index (χ1n) is 5.79.